The highest BCUT2D eigenvalue weighted by molar-refractivity contribution is 5.85. The summed E-state index contributed by atoms with van der Waals surface area (Å²) in [5.41, 5.74) is 9.28. The Morgan fingerprint density at radius 3 is 2.54 bits per heavy atom. The second kappa shape index (κ2) is 5.87. The summed E-state index contributed by atoms with van der Waals surface area (Å²) in [6.45, 7) is 4.34. The predicted octanol–water partition coefficient (Wildman–Crippen LogP) is 3.34. The fourth-order valence-corrected chi connectivity index (χ4v) is 1.37. The van der Waals surface area contributed by atoms with E-state index in [0.717, 1.165) is 5.69 Å². The van der Waals surface area contributed by atoms with Crippen molar-refractivity contribution in [1.82, 2.24) is 0 Å². The van der Waals surface area contributed by atoms with Crippen LogP contribution in [-0.4, -0.2) is 0 Å². The van der Waals surface area contributed by atoms with Crippen LogP contribution in [0.5, 0.6) is 0 Å². The van der Waals surface area contributed by atoms with Crippen LogP contribution in [0, 0.1) is 6.92 Å². The van der Waals surface area contributed by atoms with E-state index in [1.54, 1.807) is 0 Å². The second-order valence-corrected chi connectivity index (χ2v) is 3.29. The van der Waals surface area contributed by atoms with Crippen LogP contribution in [0.2, 0.25) is 0 Å². The molecule has 0 aliphatic carbocycles. The zero-order chi connectivity index (χ0) is 8.97. The van der Waals surface area contributed by atoms with Gasteiger partial charge in [-0.1, -0.05) is 19.4 Å². The minimum atomic E-state index is 0. The lowest BCUT2D eigenvalue weighted by Gasteiger charge is -2.05. The molecule has 0 unspecified atom stereocenters. The van der Waals surface area contributed by atoms with Crippen molar-refractivity contribution in [2.24, 2.45) is 0 Å². The van der Waals surface area contributed by atoms with E-state index in [4.69, 9.17) is 5.73 Å². The van der Waals surface area contributed by atoms with E-state index in [1.807, 2.05) is 12.1 Å². The molecule has 74 valence electrons. The Labute approximate surface area is 86.7 Å². The summed E-state index contributed by atoms with van der Waals surface area (Å²) >= 11 is 0. The summed E-state index contributed by atoms with van der Waals surface area (Å²) in [6, 6.07) is 6.17. The molecule has 0 aliphatic rings. The number of rotatable bonds is 3. The van der Waals surface area contributed by atoms with Gasteiger partial charge in [0.15, 0.2) is 0 Å². The average molecular weight is 200 g/mol. The van der Waals surface area contributed by atoms with Gasteiger partial charge in [-0.15, -0.1) is 12.4 Å². The summed E-state index contributed by atoms with van der Waals surface area (Å²) in [7, 11) is 0. The third-order valence-electron chi connectivity index (χ3n) is 2.17. The number of nitrogen functional groups attached to an aromatic ring is 1. The van der Waals surface area contributed by atoms with Crippen molar-refractivity contribution in [2.75, 3.05) is 5.73 Å². The first-order valence-electron chi connectivity index (χ1n) is 4.59. The Balaban J connectivity index is 0.00000144. The maximum atomic E-state index is 5.66. The topological polar surface area (TPSA) is 26.0 Å². The maximum absolute atomic E-state index is 5.66. The van der Waals surface area contributed by atoms with E-state index in [1.165, 1.54) is 30.4 Å². The molecular weight excluding hydrogens is 182 g/mol. The fraction of sp³-hybridized carbons (Fsp3) is 0.455. The molecule has 1 nitrogen and oxygen atoms in total. The molecule has 1 aromatic rings. The Morgan fingerprint density at radius 2 is 2.00 bits per heavy atom. The minimum absolute atomic E-state index is 0. The number of benzene rings is 1. The van der Waals surface area contributed by atoms with Crippen LogP contribution in [0.4, 0.5) is 5.69 Å². The SMILES string of the molecule is CCCCc1ccc(N)cc1C.Cl. The van der Waals surface area contributed by atoms with Crippen molar-refractivity contribution in [3.63, 3.8) is 0 Å². The normalized spacial score (nSPS) is 9.38. The molecule has 2 heteroatoms. The number of unbranched alkanes of at least 4 members (excludes halogenated alkanes) is 1. The Hall–Kier alpha value is -0.690. The summed E-state index contributed by atoms with van der Waals surface area (Å²) < 4.78 is 0. The van der Waals surface area contributed by atoms with Crippen molar-refractivity contribution in [3.05, 3.63) is 29.3 Å². The minimum Gasteiger partial charge on any atom is -0.399 e. The molecule has 1 rings (SSSR count). The molecule has 0 spiro atoms. The van der Waals surface area contributed by atoms with Crippen LogP contribution in [0.15, 0.2) is 18.2 Å². The van der Waals surface area contributed by atoms with Crippen molar-refractivity contribution in [2.45, 2.75) is 33.1 Å². The van der Waals surface area contributed by atoms with Gasteiger partial charge in [-0.2, -0.15) is 0 Å². The van der Waals surface area contributed by atoms with Crippen molar-refractivity contribution in [3.8, 4) is 0 Å². The van der Waals surface area contributed by atoms with E-state index in [0.29, 0.717) is 0 Å². The number of halogens is 1. The van der Waals surface area contributed by atoms with Crippen LogP contribution < -0.4 is 5.73 Å². The Bertz CT molecular complexity index is 258. The molecule has 0 fully saturated rings. The van der Waals surface area contributed by atoms with Crippen LogP contribution >= 0.6 is 12.4 Å². The van der Waals surface area contributed by atoms with Crippen LogP contribution in [-0.2, 0) is 6.42 Å². The first-order chi connectivity index (χ1) is 5.74. The first kappa shape index (κ1) is 12.3. The van der Waals surface area contributed by atoms with Crippen molar-refractivity contribution >= 4 is 18.1 Å². The molecule has 0 atom stereocenters. The Morgan fingerprint density at radius 1 is 1.31 bits per heavy atom. The highest BCUT2D eigenvalue weighted by atomic mass is 35.5. The molecule has 0 bridgehead atoms. The number of aryl methyl sites for hydroxylation is 2. The molecule has 2 N–H and O–H groups in total. The van der Waals surface area contributed by atoms with Crippen molar-refractivity contribution in [1.29, 1.82) is 0 Å². The summed E-state index contributed by atoms with van der Waals surface area (Å²) in [4.78, 5) is 0. The molecule has 0 radical (unpaired) electrons. The molecule has 1 aromatic carbocycles. The smallest absolute Gasteiger partial charge is 0.0316 e. The van der Waals surface area contributed by atoms with Gasteiger partial charge < -0.3 is 5.73 Å². The molecule has 0 saturated carbocycles. The number of hydrogen-bond donors (Lipinski definition) is 1. The van der Waals surface area contributed by atoms with Gasteiger partial charge in [-0.05, 0) is 43.0 Å². The number of hydrogen-bond acceptors (Lipinski definition) is 1. The van der Waals surface area contributed by atoms with E-state index in [9.17, 15) is 0 Å². The van der Waals surface area contributed by atoms with Crippen LogP contribution in [0.1, 0.15) is 30.9 Å². The summed E-state index contributed by atoms with van der Waals surface area (Å²) in [5, 5.41) is 0. The number of anilines is 1. The molecule has 0 aliphatic heterocycles. The lowest BCUT2D eigenvalue weighted by Crippen LogP contribution is -1.92. The summed E-state index contributed by atoms with van der Waals surface area (Å²) in [6.07, 6.45) is 3.71. The van der Waals surface area contributed by atoms with Crippen molar-refractivity contribution < 1.29 is 0 Å². The molecular formula is C11H18ClN. The molecule has 0 amide bonds. The average Bonchev–Trinajstić information content (AvgIpc) is 2.03. The van der Waals surface area contributed by atoms with Gasteiger partial charge in [-0.25, -0.2) is 0 Å². The summed E-state index contributed by atoms with van der Waals surface area (Å²) in [5.74, 6) is 0. The van der Waals surface area contributed by atoms with Gasteiger partial charge in [0, 0.05) is 5.69 Å². The molecule has 0 saturated heterocycles. The fourth-order valence-electron chi connectivity index (χ4n) is 1.37. The molecule has 0 heterocycles. The Kier molecular flexibility index (Phi) is 5.56. The highest BCUT2D eigenvalue weighted by Gasteiger charge is 1.97. The highest BCUT2D eigenvalue weighted by Crippen LogP contribution is 2.14. The van der Waals surface area contributed by atoms with Gasteiger partial charge in [0.05, 0.1) is 0 Å². The number of nitrogens with two attached hydrogens (primary N) is 1. The predicted molar refractivity (Wildman–Crippen MR) is 61.5 cm³/mol. The van der Waals surface area contributed by atoms with Gasteiger partial charge >= 0.3 is 0 Å². The van der Waals surface area contributed by atoms with E-state index in [-0.39, 0.29) is 12.4 Å². The van der Waals surface area contributed by atoms with E-state index >= 15 is 0 Å². The van der Waals surface area contributed by atoms with Crippen LogP contribution in [0.3, 0.4) is 0 Å². The van der Waals surface area contributed by atoms with Gasteiger partial charge in [0.1, 0.15) is 0 Å². The monoisotopic (exact) mass is 199 g/mol. The maximum Gasteiger partial charge on any atom is 0.0316 e. The third-order valence-corrected chi connectivity index (χ3v) is 2.17. The lowest BCUT2D eigenvalue weighted by molar-refractivity contribution is 0.791. The van der Waals surface area contributed by atoms with Gasteiger partial charge in [-0.3, -0.25) is 0 Å². The standard InChI is InChI=1S/C11H17N.ClH/c1-3-4-5-10-6-7-11(12)8-9(10)2;/h6-8H,3-5,12H2,1-2H3;1H. The quantitative estimate of drug-likeness (QED) is 0.743. The molecule has 13 heavy (non-hydrogen) atoms. The van der Waals surface area contributed by atoms with Gasteiger partial charge in [0.2, 0.25) is 0 Å². The largest absolute Gasteiger partial charge is 0.399 e. The lowest BCUT2D eigenvalue weighted by atomic mass is 10.0. The van der Waals surface area contributed by atoms with Crippen LogP contribution in [0.25, 0.3) is 0 Å². The first-order valence-corrected chi connectivity index (χ1v) is 4.59. The zero-order valence-electron chi connectivity index (χ0n) is 8.34. The van der Waals surface area contributed by atoms with Gasteiger partial charge in [0.25, 0.3) is 0 Å². The third kappa shape index (κ3) is 3.69. The van der Waals surface area contributed by atoms with E-state index < -0.39 is 0 Å². The second-order valence-electron chi connectivity index (χ2n) is 3.29. The zero-order valence-corrected chi connectivity index (χ0v) is 9.16. The van der Waals surface area contributed by atoms with E-state index in [2.05, 4.69) is 19.9 Å². The molecule has 0 aromatic heterocycles.